The van der Waals surface area contributed by atoms with E-state index in [1.165, 1.54) is 6.92 Å². The zero-order valence-corrected chi connectivity index (χ0v) is 29.0. The third-order valence-electron chi connectivity index (χ3n) is 8.08. The number of aliphatic hydroxyl groups excluding tert-OH is 16. The van der Waals surface area contributed by atoms with Gasteiger partial charge < -0.3 is 102 Å². The molecule has 18 N–H and O–H groups in total. The second-order valence-corrected chi connectivity index (χ2v) is 12.1. The molecule has 51 heavy (non-hydrogen) atoms. The van der Waals surface area contributed by atoms with Crippen LogP contribution in [0.4, 0.5) is 0 Å². The first-order valence-corrected chi connectivity index (χ1v) is 15.8. The molecule has 0 aromatic rings. The molecule has 22 nitrogen and oxygen atoms in total. The lowest BCUT2D eigenvalue weighted by molar-refractivity contribution is -0.223. The topological polar surface area (TPSA) is 409 Å². The lowest BCUT2D eigenvalue weighted by Gasteiger charge is -2.39. The molecule has 2 heterocycles. The SMILES string of the molecule is CC(=O)[C@H](O)[C@@H](O)[C@H](O)[C@H](O)CO.CNC[C@H](O)[C@@H](O)[C@H](O)[C@H](O)CO.C[C@@H]1O[C@H](C(=O)O)[C@@H](O)[C@H](O)[C@H]1O.C[C@@H]1[C@@H](O)[C@H](O)[C@@H](CO)O[C@H]1C. The molecular formula is C29H59NO21. The van der Waals surface area contributed by atoms with E-state index in [1.807, 2.05) is 13.8 Å². The molecule has 0 aliphatic carbocycles. The molecule has 0 spiro atoms. The summed E-state index contributed by atoms with van der Waals surface area (Å²) in [5, 5.41) is 156. The summed E-state index contributed by atoms with van der Waals surface area (Å²) < 4.78 is 10.1. The molecule has 0 amide bonds. The van der Waals surface area contributed by atoms with E-state index in [4.69, 9.17) is 65.6 Å². The van der Waals surface area contributed by atoms with Crippen LogP contribution in [0.5, 0.6) is 0 Å². The number of aliphatic hydroxyl groups is 16. The van der Waals surface area contributed by atoms with Gasteiger partial charge in [-0.2, -0.15) is 0 Å². The van der Waals surface area contributed by atoms with E-state index >= 15 is 0 Å². The Bertz CT molecular complexity index is 943. The van der Waals surface area contributed by atoms with Crippen molar-refractivity contribution in [2.75, 3.05) is 33.4 Å². The van der Waals surface area contributed by atoms with Gasteiger partial charge in [0.15, 0.2) is 11.9 Å². The Hall–Kier alpha value is -1.62. The number of carbonyl (C=O) groups excluding carboxylic acids is 1. The lowest BCUT2D eigenvalue weighted by atomic mass is 9.89. The predicted octanol–water partition coefficient (Wildman–Crippen LogP) is -9.28. The normalized spacial score (nSPS) is 33.8. The van der Waals surface area contributed by atoms with Crippen LogP contribution < -0.4 is 5.32 Å². The molecule has 2 aliphatic heterocycles. The van der Waals surface area contributed by atoms with Crippen LogP contribution in [0, 0.1) is 5.92 Å². The van der Waals surface area contributed by atoms with Crippen molar-refractivity contribution < 1.29 is 106 Å². The predicted molar refractivity (Wildman–Crippen MR) is 169 cm³/mol. The summed E-state index contributed by atoms with van der Waals surface area (Å²) in [6.45, 7) is 4.51. The van der Waals surface area contributed by atoms with Crippen LogP contribution in [0.25, 0.3) is 0 Å². The molecule has 2 aliphatic rings. The van der Waals surface area contributed by atoms with Crippen LogP contribution in [0.15, 0.2) is 0 Å². The number of carbonyl (C=O) groups is 2. The molecule has 18 atom stereocenters. The van der Waals surface area contributed by atoms with Crippen LogP contribution in [0.1, 0.15) is 27.7 Å². The summed E-state index contributed by atoms with van der Waals surface area (Å²) in [6, 6.07) is 0. The van der Waals surface area contributed by atoms with Gasteiger partial charge in [-0.15, -0.1) is 0 Å². The highest BCUT2D eigenvalue weighted by Crippen LogP contribution is 2.25. The minimum atomic E-state index is -1.79. The van der Waals surface area contributed by atoms with Gasteiger partial charge in [-0.25, -0.2) is 4.79 Å². The number of carboxylic acids is 1. The van der Waals surface area contributed by atoms with Crippen LogP contribution in [0.2, 0.25) is 0 Å². The highest BCUT2D eigenvalue weighted by atomic mass is 16.6. The zero-order chi connectivity index (χ0) is 40.5. The second kappa shape index (κ2) is 25.4. The average Bonchev–Trinajstić information content (AvgIpc) is 3.10. The summed E-state index contributed by atoms with van der Waals surface area (Å²) in [6.07, 6.45) is -21.7. The Labute approximate surface area is 294 Å². The van der Waals surface area contributed by atoms with Crippen LogP contribution in [-0.4, -0.2) is 236 Å². The molecule has 0 saturated carbocycles. The number of carboxylic acid groups (broad SMARTS) is 1. The van der Waals surface area contributed by atoms with Gasteiger partial charge in [0.1, 0.15) is 73.2 Å². The van der Waals surface area contributed by atoms with Crippen LogP contribution >= 0.6 is 0 Å². The molecular weight excluding hydrogens is 698 g/mol. The van der Waals surface area contributed by atoms with Crippen molar-refractivity contribution in [2.24, 2.45) is 5.92 Å². The van der Waals surface area contributed by atoms with Crippen molar-refractivity contribution in [1.29, 1.82) is 0 Å². The number of nitrogens with one attached hydrogen (secondary N) is 1. The summed E-state index contributed by atoms with van der Waals surface area (Å²) in [5.41, 5.74) is 0. The number of rotatable bonds is 13. The summed E-state index contributed by atoms with van der Waals surface area (Å²) in [7, 11) is 1.57. The fraction of sp³-hybridized carbons (Fsp3) is 0.931. The van der Waals surface area contributed by atoms with E-state index in [2.05, 4.69) is 5.32 Å². The Morgan fingerprint density at radius 2 is 1.08 bits per heavy atom. The number of aliphatic carboxylic acids is 1. The molecule has 306 valence electrons. The Balaban J connectivity index is 0. The highest BCUT2D eigenvalue weighted by molar-refractivity contribution is 5.80. The molecule has 2 fully saturated rings. The maximum absolute atomic E-state index is 10.5. The summed E-state index contributed by atoms with van der Waals surface area (Å²) in [4.78, 5) is 21.0. The van der Waals surface area contributed by atoms with E-state index in [1.54, 1.807) is 7.05 Å². The highest BCUT2D eigenvalue weighted by Gasteiger charge is 2.45. The number of hydrogen-bond acceptors (Lipinski definition) is 21. The molecule has 0 radical (unpaired) electrons. The van der Waals surface area contributed by atoms with Gasteiger partial charge >= 0.3 is 5.97 Å². The smallest absolute Gasteiger partial charge is 0.335 e. The number of Topliss-reactive ketones (excluding diaryl/α,β-unsaturated/α-hetero) is 1. The van der Waals surface area contributed by atoms with E-state index in [0.717, 1.165) is 6.92 Å². The third-order valence-corrected chi connectivity index (χ3v) is 8.08. The third kappa shape index (κ3) is 16.5. The average molecular weight is 758 g/mol. The quantitative estimate of drug-likeness (QED) is 0.0829. The van der Waals surface area contributed by atoms with Crippen molar-refractivity contribution in [3.05, 3.63) is 0 Å². The van der Waals surface area contributed by atoms with E-state index in [0.29, 0.717) is 0 Å². The van der Waals surface area contributed by atoms with Gasteiger partial charge in [-0.1, -0.05) is 6.92 Å². The first-order chi connectivity index (χ1) is 23.5. The van der Waals surface area contributed by atoms with E-state index < -0.39 is 123 Å². The minimum absolute atomic E-state index is 0.0936. The van der Waals surface area contributed by atoms with Crippen molar-refractivity contribution in [3.63, 3.8) is 0 Å². The largest absolute Gasteiger partial charge is 0.479 e. The molecule has 22 heteroatoms. The fourth-order valence-electron chi connectivity index (χ4n) is 4.35. The Morgan fingerprint density at radius 1 is 0.627 bits per heavy atom. The lowest BCUT2D eigenvalue weighted by Crippen LogP contribution is -2.58. The van der Waals surface area contributed by atoms with Gasteiger partial charge in [0.25, 0.3) is 0 Å². The Kier molecular flexibility index (Phi) is 25.7. The maximum atomic E-state index is 10.5. The van der Waals surface area contributed by atoms with E-state index in [-0.39, 0.29) is 25.2 Å². The standard InChI is InChI=1S/C8H16O4.C7H17NO5.C7H12O6.C7H14O6/c1-4-5(2)12-6(3-9)8(11)7(4)10;1-8-2-4(10)6(12)7(13)5(11)3-9;1-2-3(8)4(9)5(10)6(13-2)7(11)12;1-3(9)5(11)7(13)6(12)4(10)2-8/h4-11H,3H2,1-2H3;4-13H,2-3H2,1H3;2-6,8-10H,1H3,(H,11,12);4-8,10-13H,2H2,1H3/t4-,5-,6+,7+,8+;4-,5+,6+,7+;2-,3-,4+,5-,6-;4-,5+,6-,7-/m0001/s1. The minimum Gasteiger partial charge on any atom is -0.479 e. The van der Waals surface area contributed by atoms with Gasteiger partial charge in [-0.3, -0.25) is 4.79 Å². The summed E-state index contributed by atoms with van der Waals surface area (Å²) in [5.74, 6) is -2.18. The van der Waals surface area contributed by atoms with Crippen molar-refractivity contribution >= 4 is 11.8 Å². The maximum Gasteiger partial charge on any atom is 0.335 e. The van der Waals surface area contributed by atoms with E-state index in [9.17, 15) is 40.2 Å². The number of ketones is 1. The molecule has 2 saturated heterocycles. The molecule has 0 aromatic carbocycles. The number of ether oxygens (including phenoxy) is 2. The molecule has 0 aromatic heterocycles. The monoisotopic (exact) mass is 757 g/mol. The van der Waals surface area contributed by atoms with Gasteiger partial charge in [-0.05, 0) is 27.8 Å². The first kappa shape index (κ1) is 51.5. The first-order valence-electron chi connectivity index (χ1n) is 15.8. The zero-order valence-electron chi connectivity index (χ0n) is 29.0. The van der Waals surface area contributed by atoms with Gasteiger partial charge in [0, 0.05) is 12.5 Å². The Morgan fingerprint density at radius 3 is 1.47 bits per heavy atom. The summed E-state index contributed by atoms with van der Waals surface area (Å²) >= 11 is 0. The molecule has 2 rings (SSSR count). The molecule has 0 unspecified atom stereocenters. The van der Waals surface area contributed by atoms with Crippen LogP contribution in [-0.2, 0) is 19.1 Å². The second-order valence-electron chi connectivity index (χ2n) is 12.1. The van der Waals surface area contributed by atoms with Crippen molar-refractivity contribution in [2.45, 2.75) is 131 Å². The van der Waals surface area contributed by atoms with Crippen molar-refractivity contribution in [3.8, 4) is 0 Å². The number of hydrogen-bond donors (Lipinski definition) is 18. The van der Waals surface area contributed by atoms with Gasteiger partial charge in [0.05, 0.1) is 44.2 Å². The fourth-order valence-corrected chi connectivity index (χ4v) is 4.35. The molecule has 0 bridgehead atoms. The van der Waals surface area contributed by atoms with Gasteiger partial charge in [0.2, 0.25) is 0 Å². The van der Waals surface area contributed by atoms with Crippen molar-refractivity contribution in [1.82, 2.24) is 5.32 Å². The number of likely N-dealkylation sites (N-methyl/N-ethyl adjacent to an activating group) is 1. The van der Waals surface area contributed by atoms with Crippen LogP contribution in [0.3, 0.4) is 0 Å².